The van der Waals surface area contributed by atoms with Gasteiger partial charge in [-0.1, -0.05) is 77.5 Å². The predicted molar refractivity (Wildman–Crippen MR) is 146 cm³/mol. The van der Waals surface area contributed by atoms with Crippen LogP contribution in [0.5, 0.6) is 0 Å². The molecule has 0 aliphatic carbocycles. The Labute approximate surface area is 215 Å². The molecule has 1 N–H and O–H groups in total. The van der Waals surface area contributed by atoms with Crippen molar-refractivity contribution in [2.24, 2.45) is 0 Å². The van der Waals surface area contributed by atoms with Gasteiger partial charge in [0.2, 0.25) is 5.82 Å². The van der Waals surface area contributed by atoms with Gasteiger partial charge in [-0.25, -0.2) is 0 Å². The van der Waals surface area contributed by atoms with E-state index in [2.05, 4.69) is 84.0 Å². The van der Waals surface area contributed by atoms with E-state index >= 15 is 0 Å². The van der Waals surface area contributed by atoms with Crippen LogP contribution in [-0.2, 0) is 6.54 Å². The summed E-state index contributed by atoms with van der Waals surface area (Å²) in [7, 11) is 0. The highest BCUT2D eigenvalue weighted by molar-refractivity contribution is 7.98. The molecular formula is C28H26N4OS2. The number of thioether (sulfide) groups is 1. The molecule has 0 bridgehead atoms. The first-order chi connectivity index (χ1) is 17.0. The first-order valence-corrected chi connectivity index (χ1v) is 13.0. The molecule has 1 aliphatic heterocycles. The van der Waals surface area contributed by atoms with E-state index in [-0.39, 0.29) is 6.04 Å². The molecule has 1 atom stereocenters. The van der Waals surface area contributed by atoms with Gasteiger partial charge < -0.3 is 14.7 Å². The Morgan fingerprint density at radius 2 is 1.77 bits per heavy atom. The number of allylic oxidation sites excluding steroid dienone is 1. The molecule has 0 amide bonds. The third kappa shape index (κ3) is 4.88. The number of hydrogen-bond acceptors (Lipinski definition) is 5. The molecule has 1 aliphatic rings. The SMILES string of the molecule is CSc1ccc(C2NC(=S)N(Cc3cccc(C)c3)C(C)=C2c2nc(-c3ccccc3)no2)cc1. The first-order valence-electron chi connectivity index (χ1n) is 11.4. The van der Waals surface area contributed by atoms with E-state index in [1.165, 1.54) is 16.0 Å². The highest BCUT2D eigenvalue weighted by Crippen LogP contribution is 2.38. The summed E-state index contributed by atoms with van der Waals surface area (Å²) < 4.78 is 5.85. The zero-order valence-electron chi connectivity index (χ0n) is 19.9. The van der Waals surface area contributed by atoms with Gasteiger partial charge in [0.15, 0.2) is 5.11 Å². The lowest BCUT2D eigenvalue weighted by Crippen LogP contribution is -2.45. The molecule has 0 spiro atoms. The van der Waals surface area contributed by atoms with Crippen molar-refractivity contribution in [1.29, 1.82) is 0 Å². The van der Waals surface area contributed by atoms with Crippen LogP contribution in [0.2, 0.25) is 0 Å². The molecule has 0 fully saturated rings. The number of rotatable bonds is 6. The number of hydrogen-bond donors (Lipinski definition) is 1. The summed E-state index contributed by atoms with van der Waals surface area (Å²) in [5.74, 6) is 1.06. The van der Waals surface area contributed by atoms with Crippen LogP contribution in [0.1, 0.15) is 35.5 Å². The zero-order valence-corrected chi connectivity index (χ0v) is 21.5. The summed E-state index contributed by atoms with van der Waals surface area (Å²) in [4.78, 5) is 8.11. The number of nitrogens with zero attached hydrogens (tertiary/aromatic N) is 3. The van der Waals surface area contributed by atoms with Crippen molar-refractivity contribution in [1.82, 2.24) is 20.4 Å². The summed E-state index contributed by atoms with van der Waals surface area (Å²) in [6, 6.07) is 26.7. The second kappa shape index (κ2) is 10.1. The largest absolute Gasteiger partial charge is 0.351 e. The van der Waals surface area contributed by atoms with E-state index in [1.807, 2.05) is 30.3 Å². The van der Waals surface area contributed by atoms with Crippen LogP contribution in [0.25, 0.3) is 17.0 Å². The molecule has 2 heterocycles. The average Bonchev–Trinajstić information content (AvgIpc) is 3.37. The van der Waals surface area contributed by atoms with Crippen LogP contribution in [0.4, 0.5) is 0 Å². The van der Waals surface area contributed by atoms with Crippen LogP contribution >= 0.6 is 24.0 Å². The Hall–Kier alpha value is -3.42. The van der Waals surface area contributed by atoms with Gasteiger partial charge in [0.1, 0.15) is 0 Å². The molecular weight excluding hydrogens is 472 g/mol. The molecule has 3 aromatic carbocycles. The van der Waals surface area contributed by atoms with E-state index in [1.54, 1.807) is 11.8 Å². The Morgan fingerprint density at radius 1 is 1.00 bits per heavy atom. The molecule has 7 heteroatoms. The molecule has 0 saturated heterocycles. The number of nitrogens with one attached hydrogen (secondary N) is 1. The third-order valence-corrected chi connectivity index (χ3v) is 7.24. The predicted octanol–water partition coefficient (Wildman–Crippen LogP) is 6.63. The van der Waals surface area contributed by atoms with Gasteiger partial charge >= 0.3 is 0 Å². The minimum Gasteiger partial charge on any atom is -0.351 e. The van der Waals surface area contributed by atoms with E-state index in [0.29, 0.717) is 23.4 Å². The highest BCUT2D eigenvalue weighted by Gasteiger charge is 2.34. The van der Waals surface area contributed by atoms with E-state index in [0.717, 1.165) is 22.4 Å². The standard InChI is InChI=1S/C28H26N4OS2/c1-18-8-7-9-20(16-18)17-32-19(2)24(27-30-26(31-33-27)22-10-5-4-6-11-22)25(29-28(32)34)21-12-14-23(35-3)15-13-21/h4-16,25H,17H2,1-3H3,(H,29,34). The minimum absolute atomic E-state index is 0.198. The quantitative estimate of drug-likeness (QED) is 0.236. The average molecular weight is 499 g/mol. The Morgan fingerprint density at radius 3 is 2.49 bits per heavy atom. The van der Waals surface area contributed by atoms with Gasteiger partial charge in [0.25, 0.3) is 5.89 Å². The lowest BCUT2D eigenvalue weighted by Gasteiger charge is -2.37. The third-order valence-electron chi connectivity index (χ3n) is 6.16. The summed E-state index contributed by atoms with van der Waals surface area (Å²) in [5, 5.41) is 8.51. The minimum atomic E-state index is -0.198. The zero-order chi connectivity index (χ0) is 24.4. The number of aromatic nitrogens is 2. The number of thiocarbonyl (C=S) groups is 1. The highest BCUT2D eigenvalue weighted by atomic mass is 32.2. The summed E-state index contributed by atoms with van der Waals surface area (Å²) in [6.45, 7) is 4.83. The normalized spacial score (nSPS) is 15.9. The van der Waals surface area contributed by atoms with E-state index in [9.17, 15) is 0 Å². The van der Waals surface area contributed by atoms with Crippen molar-refractivity contribution in [3.63, 3.8) is 0 Å². The van der Waals surface area contributed by atoms with Crippen molar-refractivity contribution in [2.45, 2.75) is 31.3 Å². The number of aryl methyl sites for hydroxylation is 1. The second-order valence-electron chi connectivity index (χ2n) is 8.52. The van der Waals surface area contributed by atoms with Crippen molar-refractivity contribution >= 4 is 34.7 Å². The van der Waals surface area contributed by atoms with Crippen molar-refractivity contribution in [3.05, 3.63) is 107 Å². The summed E-state index contributed by atoms with van der Waals surface area (Å²) in [5.41, 5.74) is 6.34. The second-order valence-corrected chi connectivity index (χ2v) is 9.79. The van der Waals surface area contributed by atoms with Crippen molar-refractivity contribution in [2.75, 3.05) is 6.26 Å². The van der Waals surface area contributed by atoms with Gasteiger partial charge in [-0.05, 0) is 55.6 Å². The Bertz CT molecular complexity index is 1380. The Kier molecular flexibility index (Phi) is 6.70. The van der Waals surface area contributed by atoms with Crippen molar-refractivity contribution < 1.29 is 4.52 Å². The summed E-state index contributed by atoms with van der Waals surface area (Å²) in [6.07, 6.45) is 2.07. The van der Waals surface area contributed by atoms with E-state index in [4.69, 9.17) is 21.7 Å². The molecule has 1 unspecified atom stereocenters. The fraction of sp³-hybridized carbons (Fsp3) is 0.179. The molecule has 5 nitrogen and oxygen atoms in total. The van der Waals surface area contributed by atoms with Gasteiger partial charge in [-0.2, -0.15) is 4.98 Å². The lowest BCUT2D eigenvalue weighted by atomic mass is 9.94. The van der Waals surface area contributed by atoms with Gasteiger partial charge in [0.05, 0.1) is 11.6 Å². The van der Waals surface area contributed by atoms with Crippen LogP contribution < -0.4 is 5.32 Å². The molecule has 176 valence electrons. The Balaban J connectivity index is 1.59. The fourth-order valence-corrected chi connectivity index (χ4v) is 5.05. The van der Waals surface area contributed by atoms with Crippen LogP contribution in [0.3, 0.4) is 0 Å². The van der Waals surface area contributed by atoms with Crippen LogP contribution in [0, 0.1) is 6.92 Å². The summed E-state index contributed by atoms with van der Waals surface area (Å²) >= 11 is 7.58. The number of benzene rings is 3. The van der Waals surface area contributed by atoms with Gasteiger partial charge in [0, 0.05) is 22.7 Å². The maximum atomic E-state index is 5.86. The topological polar surface area (TPSA) is 54.2 Å². The molecule has 4 aromatic rings. The maximum absolute atomic E-state index is 5.86. The van der Waals surface area contributed by atoms with Gasteiger partial charge in [-0.15, -0.1) is 11.8 Å². The maximum Gasteiger partial charge on any atom is 0.258 e. The van der Waals surface area contributed by atoms with Crippen LogP contribution in [-0.4, -0.2) is 26.4 Å². The smallest absolute Gasteiger partial charge is 0.258 e. The first kappa shape index (κ1) is 23.3. The fourth-order valence-electron chi connectivity index (χ4n) is 4.33. The molecule has 35 heavy (non-hydrogen) atoms. The lowest BCUT2D eigenvalue weighted by molar-refractivity contribution is 0.396. The van der Waals surface area contributed by atoms with Crippen LogP contribution in [0.15, 0.2) is 94.0 Å². The molecule has 5 rings (SSSR count). The monoisotopic (exact) mass is 498 g/mol. The van der Waals surface area contributed by atoms with Gasteiger partial charge in [-0.3, -0.25) is 0 Å². The molecule has 0 radical (unpaired) electrons. The molecule has 1 aromatic heterocycles. The van der Waals surface area contributed by atoms with E-state index < -0.39 is 0 Å². The molecule has 0 saturated carbocycles. The van der Waals surface area contributed by atoms with Crippen molar-refractivity contribution in [3.8, 4) is 11.4 Å².